The van der Waals surface area contributed by atoms with Gasteiger partial charge in [0.05, 0.1) is 18.4 Å². The number of urea groups is 1. The Bertz CT molecular complexity index is 1020. The van der Waals surface area contributed by atoms with Gasteiger partial charge in [-0.25, -0.2) is 14.8 Å². The van der Waals surface area contributed by atoms with Gasteiger partial charge in [-0.15, -0.1) is 0 Å². The molecule has 0 aliphatic rings. The maximum Gasteiger partial charge on any atom is 0.323 e. The average molecular weight is 390 g/mol. The molecule has 0 aliphatic carbocycles. The quantitative estimate of drug-likeness (QED) is 0.559. The molecule has 0 atom stereocenters. The number of nitrogens with two attached hydrogens (primary N) is 1. The van der Waals surface area contributed by atoms with Crippen molar-refractivity contribution in [2.75, 3.05) is 30.5 Å². The van der Waals surface area contributed by atoms with Crippen LogP contribution < -0.4 is 21.1 Å². The molecule has 2 amide bonds. The number of ether oxygens (including phenoxy) is 1. The molecule has 2 aromatic carbocycles. The predicted molar refractivity (Wildman–Crippen MR) is 115 cm³/mol. The molecule has 0 saturated heterocycles. The van der Waals surface area contributed by atoms with Crippen LogP contribution in [-0.2, 0) is 6.42 Å². The summed E-state index contributed by atoms with van der Waals surface area (Å²) in [7, 11) is 3.25. The second-order valence-corrected chi connectivity index (χ2v) is 6.19. The normalized spacial score (nSPS) is 10.7. The first kappa shape index (κ1) is 19.8. The summed E-state index contributed by atoms with van der Waals surface area (Å²) in [5.41, 5.74) is 9.76. The van der Waals surface area contributed by atoms with Gasteiger partial charge in [-0.05, 0) is 29.8 Å². The molecule has 0 fully saturated rings. The van der Waals surface area contributed by atoms with Crippen molar-refractivity contribution in [2.45, 2.75) is 6.42 Å². The van der Waals surface area contributed by atoms with Crippen molar-refractivity contribution in [1.82, 2.24) is 9.97 Å². The standard InChI is InChI=1S/C21H22N6O2/c1-23-12-18-19(24-13-25-20(18)22)10-14-6-8-15(9-7-14)26-21(28)27-16-4-3-5-17(11-16)29-2/h3-9,11-13H,10H2,1-2H3,(H2,22,24,25)(H2,26,27,28). The largest absolute Gasteiger partial charge is 0.497 e. The molecule has 8 heteroatoms. The zero-order valence-electron chi connectivity index (χ0n) is 16.2. The van der Waals surface area contributed by atoms with Crippen molar-refractivity contribution in [1.29, 1.82) is 0 Å². The fraction of sp³-hybridized carbons (Fsp3) is 0.143. The Labute approximate surface area is 168 Å². The van der Waals surface area contributed by atoms with Gasteiger partial charge in [-0.3, -0.25) is 4.99 Å². The first-order chi connectivity index (χ1) is 14.1. The minimum absolute atomic E-state index is 0.337. The number of benzene rings is 2. The number of carbonyl (C=O) groups is 1. The van der Waals surface area contributed by atoms with E-state index in [0.29, 0.717) is 29.4 Å². The summed E-state index contributed by atoms with van der Waals surface area (Å²) in [6.07, 6.45) is 3.67. The second-order valence-electron chi connectivity index (χ2n) is 6.19. The highest BCUT2D eigenvalue weighted by Crippen LogP contribution is 2.19. The van der Waals surface area contributed by atoms with E-state index in [1.807, 2.05) is 30.3 Å². The van der Waals surface area contributed by atoms with Gasteiger partial charge in [0.15, 0.2) is 0 Å². The first-order valence-corrected chi connectivity index (χ1v) is 8.91. The molecule has 0 bridgehead atoms. The SMILES string of the molecule is CN=Cc1c(N)ncnc1Cc1ccc(NC(=O)Nc2cccc(OC)c2)cc1. The molecule has 8 nitrogen and oxygen atoms in total. The zero-order chi connectivity index (χ0) is 20.6. The molecule has 29 heavy (non-hydrogen) atoms. The minimum Gasteiger partial charge on any atom is -0.497 e. The summed E-state index contributed by atoms with van der Waals surface area (Å²) in [6, 6.07) is 14.3. The fourth-order valence-corrected chi connectivity index (χ4v) is 2.75. The lowest BCUT2D eigenvalue weighted by Crippen LogP contribution is -2.19. The summed E-state index contributed by atoms with van der Waals surface area (Å²) in [6.45, 7) is 0. The molecular weight excluding hydrogens is 368 g/mol. The van der Waals surface area contributed by atoms with E-state index in [2.05, 4.69) is 25.6 Å². The van der Waals surface area contributed by atoms with Crippen LogP contribution in [0.5, 0.6) is 5.75 Å². The van der Waals surface area contributed by atoms with Crippen LogP contribution in [0.4, 0.5) is 22.0 Å². The van der Waals surface area contributed by atoms with Crippen molar-refractivity contribution in [2.24, 2.45) is 4.99 Å². The minimum atomic E-state index is -0.337. The Kier molecular flexibility index (Phi) is 6.36. The van der Waals surface area contributed by atoms with Crippen LogP contribution in [0, 0.1) is 0 Å². The number of nitrogen functional groups attached to an aromatic ring is 1. The van der Waals surface area contributed by atoms with Crippen molar-refractivity contribution in [3.05, 3.63) is 71.7 Å². The van der Waals surface area contributed by atoms with E-state index in [1.54, 1.807) is 38.6 Å². The number of nitrogens with one attached hydrogen (secondary N) is 2. The van der Waals surface area contributed by atoms with Gasteiger partial charge in [0.2, 0.25) is 0 Å². The Balaban J connectivity index is 1.64. The predicted octanol–water partition coefficient (Wildman–Crippen LogP) is 3.35. The van der Waals surface area contributed by atoms with E-state index in [1.165, 1.54) is 6.33 Å². The number of hydrogen-bond acceptors (Lipinski definition) is 6. The highest BCUT2D eigenvalue weighted by molar-refractivity contribution is 5.99. The number of aliphatic imine (C=N–C) groups is 1. The smallest absolute Gasteiger partial charge is 0.323 e. The zero-order valence-corrected chi connectivity index (χ0v) is 16.2. The summed E-state index contributed by atoms with van der Waals surface area (Å²) in [4.78, 5) is 24.5. The van der Waals surface area contributed by atoms with E-state index in [4.69, 9.17) is 10.5 Å². The third kappa shape index (κ3) is 5.29. The van der Waals surface area contributed by atoms with Crippen LogP contribution in [-0.4, -0.2) is 36.4 Å². The van der Waals surface area contributed by atoms with Crippen molar-refractivity contribution >= 4 is 29.4 Å². The second kappa shape index (κ2) is 9.32. The molecule has 0 spiro atoms. The van der Waals surface area contributed by atoms with E-state index in [9.17, 15) is 4.79 Å². The number of carbonyl (C=O) groups excluding carboxylic acids is 1. The highest BCUT2D eigenvalue weighted by atomic mass is 16.5. The number of anilines is 3. The van der Waals surface area contributed by atoms with E-state index < -0.39 is 0 Å². The Morgan fingerprint density at radius 3 is 2.62 bits per heavy atom. The van der Waals surface area contributed by atoms with Crippen molar-refractivity contribution in [3.8, 4) is 5.75 Å². The maximum absolute atomic E-state index is 12.2. The summed E-state index contributed by atoms with van der Waals surface area (Å²) >= 11 is 0. The Morgan fingerprint density at radius 1 is 1.14 bits per heavy atom. The monoisotopic (exact) mass is 390 g/mol. The van der Waals surface area contributed by atoms with Gasteiger partial charge in [0.1, 0.15) is 17.9 Å². The molecule has 3 aromatic rings. The summed E-state index contributed by atoms with van der Waals surface area (Å²) in [5, 5.41) is 5.57. The third-order valence-electron chi connectivity index (χ3n) is 4.17. The number of aromatic nitrogens is 2. The number of nitrogens with zero attached hydrogens (tertiary/aromatic N) is 3. The number of amides is 2. The van der Waals surface area contributed by atoms with Gasteiger partial charge in [-0.2, -0.15) is 0 Å². The van der Waals surface area contributed by atoms with E-state index in [-0.39, 0.29) is 6.03 Å². The number of hydrogen-bond donors (Lipinski definition) is 3. The first-order valence-electron chi connectivity index (χ1n) is 8.91. The number of rotatable bonds is 6. The highest BCUT2D eigenvalue weighted by Gasteiger charge is 2.09. The molecule has 3 rings (SSSR count). The van der Waals surface area contributed by atoms with Gasteiger partial charge in [0, 0.05) is 37.1 Å². The molecule has 0 aliphatic heterocycles. The maximum atomic E-state index is 12.2. The fourth-order valence-electron chi connectivity index (χ4n) is 2.75. The Morgan fingerprint density at radius 2 is 1.90 bits per heavy atom. The lowest BCUT2D eigenvalue weighted by Gasteiger charge is -2.10. The average Bonchev–Trinajstić information content (AvgIpc) is 2.72. The molecule has 4 N–H and O–H groups in total. The van der Waals surface area contributed by atoms with Crippen molar-refractivity contribution < 1.29 is 9.53 Å². The molecule has 0 unspecified atom stereocenters. The molecule has 0 radical (unpaired) electrons. The molecule has 148 valence electrons. The molecule has 1 heterocycles. The van der Waals surface area contributed by atoms with Crippen LogP contribution in [0.1, 0.15) is 16.8 Å². The third-order valence-corrected chi connectivity index (χ3v) is 4.17. The van der Waals surface area contributed by atoms with Gasteiger partial charge in [0.25, 0.3) is 0 Å². The van der Waals surface area contributed by atoms with Crippen LogP contribution >= 0.6 is 0 Å². The number of methoxy groups -OCH3 is 1. The van der Waals surface area contributed by atoms with Crippen LogP contribution in [0.2, 0.25) is 0 Å². The molecule has 1 aromatic heterocycles. The van der Waals surface area contributed by atoms with Gasteiger partial charge >= 0.3 is 6.03 Å². The van der Waals surface area contributed by atoms with Crippen molar-refractivity contribution in [3.63, 3.8) is 0 Å². The summed E-state index contributed by atoms with van der Waals surface area (Å²) in [5.74, 6) is 1.07. The molecular formula is C21H22N6O2. The van der Waals surface area contributed by atoms with E-state index in [0.717, 1.165) is 16.8 Å². The topological polar surface area (TPSA) is 115 Å². The van der Waals surface area contributed by atoms with Crippen LogP contribution in [0.25, 0.3) is 0 Å². The lowest BCUT2D eigenvalue weighted by molar-refractivity contribution is 0.262. The lowest BCUT2D eigenvalue weighted by atomic mass is 10.1. The van der Waals surface area contributed by atoms with Gasteiger partial charge in [-0.1, -0.05) is 18.2 Å². The summed E-state index contributed by atoms with van der Waals surface area (Å²) < 4.78 is 5.15. The Hall–Kier alpha value is -3.94. The van der Waals surface area contributed by atoms with Crippen LogP contribution in [0.3, 0.4) is 0 Å². The van der Waals surface area contributed by atoms with Gasteiger partial charge < -0.3 is 21.1 Å². The van der Waals surface area contributed by atoms with Crippen LogP contribution in [0.15, 0.2) is 59.9 Å². The van der Waals surface area contributed by atoms with E-state index >= 15 is 0 Å². The molecule has 0 saturated carbocycles.